The Kier molecular flexibility index (Phi) is 35.3. The molecule has 2 atom stereocenters. The van der Waals surface area contributed by atoms with Crippen molar-refractivity contribution >= 4 is 19.8 Å². The summed E-state index contributed by atoms with van der Waals surface area (Å²) in [6.45, 7) is 3.55. The summed E-state index contributed by atoms with van der Waals surface area (Å²) in [6, 6.07) is 0. The third-order valence-electron chi connectivity index (χ3n) is 7.95. The minimum atomic E-state index is -4.38. The summed E-state index contributed by atoms with van der Waals surface area (Å²) >= 11 is 0. The van der Waals surface area contributed by atoms with E-state index in [2.05, 4.69) is 62.5 Å². The second kappa shape index (κ2) is 36.8. The van der Waals surface area contributed by atoms with Crippen LogP contribution in [0.15, 0.2) is 48.6 Å². The van der Waals surface area contributed by atoms with Crippen LogP contribution < -0.4 is 5.73 Å². The largest absolute Gasteiger partial charge is 0.472 e. The van der Waals surface area contributed by atoms with Gasteiger partial charge < -0.3 is 20.1 Å². The molecule has 0 heterocycles. The van der Waals surface area contributed by atoms with E-state index in [-0.39, 0.29) is 32.6 Å². The topological polar surface area (TPSA) is 134 Å². The fraction of sp³-hybridized carbons (Fsp3) is 0.750. The molecular formula is C40H72NO8P. The van der Waals surface area contributed by atoms with Crippen LogP contribution in [0.4, 0.5) is 0 Å². The first-order valence-electron chi connectivity index (χ1n) is 19.6. The Bertz CT molecular complexity index is 965. The predicted octanol–water partition coefficient (Wildman–Crippen LogP) is 10.8. The number of carbonyl (C=O) groups excluding carboxylic acids is 2. The molecule has 2 unspecified atom stereocenters. The maximum Gasteiger partial charge on any atom is 0.472 e. The standard InChI is InChI=1S/C40H72NO8P/c1-3-5-7-9-11-13-15-17-18-19-21-22-24-26-28-30-32-39(42)46-36-38(37-48-50(44,45)47-35-34-41)49-40(43)33-31-29-27-25-23-20-16-14-12-10-8-6-4-2/h6,8,12,14,18-20,23,38H,3-5,7,9-11,13,15-17,21-22,24-37,41H2,1-2H3,(H,44,45)/b8-6-,14-12-,19-18-,23-20-. The predicted molar refractivity (Wildman–Crippen MR) is 206 cm³/mol. The van der Waals surface area contributed by atoms with Gasteiger partial charge in [0, 0.05) is 19.4 Å². The molecule has 3 N–H and O–H groups in total. The van der Waals surface area contributed by atoms with Gasteiger partial charge in [0.2, 0.25) is 0 Å². The van der Waals surface area contributed by atoms with Crippen molar-refractivity contribution in [3.05, 3.63) is 48.6 Å². The summed E-state index contributed by atoms with van der Waals surface area (Å²) in [6.07, 6.45) is 40.0. The lowest BCUT2D eigenvalue weighted by atomic mass is 10.1. The van der Waals surface area contributed by atoms with Crippen LogP contribution in [0.1, 0.15) is 162 Å². The first-order chi connectivity index (χ1) is 24.3. The van der Waals surface area contributed by atoms with Gasteiger partial charge in [0.05, 0.1) is 13.2 Å². The molecule has 0 aromatic carbocycles. The van der Waals surface area contributed by atoms with Crippen LogP contribution in [-0.4, -0.2) is 49.3 Å². The molecule has 290 valence electrons. The lowest BCUT2D eigenvalue weighted by Gasteiger charge is -2.19. The van der Waals surface area contributed by atoms with Gasteiger partial charge in [-0.1, -0.05) is 127 Å². The van der Waals surface area contributed by atoms with E-state index in [0.29, 0.717) is 6.42 Å². The number of hydrogen-bond acceptors (Lipinski definition) is 8. The maximum atomic E-state index is 12.5. The van der Waals surface area contributed by atoms with Crippen molar-refractivity contribution < 1.29 is 37.6 Å². The molecular weight excluding hydrogens is 653 g/mol. The van der Waals surface area contributed by atoms with Gasteiger partial charge in [-0.05, 0) is 70.6 Å². The minimum Gasteiger partial charge on any atom is -0.462 e. The van der Waals surface area contributed by atoms with E-state index < -0.39 is 32.5 Å². The number of nitrogens with two attached hydrogens (primary N) is 1. The van der Waals surface area contributed by atoms with E-state index in [1.165, 1.54) is 51.4 Å². The maximum absolute atomic E-state index is 12.5. The normalized spacial score (nSPS) is 13.9. The average molecular weight is 726 g/mol. The Morgan fingerprint density at radius 2 is 1.10 bits per heavy atom. The van der Waals surface area contributed by atoms with E-state index in [9.17, 15) is 19.0 Å². The van der Waals surface area contributed by atoms with E-state index >= 15 is 0 Å². The number of allylic oxidation sites excluding steroid dienone is 8. The number of ether oxygens (including phenoxy) is 2. The third kappa shape index (κ3) is 35.8. The van der Waals surface area contributed by atoms with Crippen molar-refractivity contribution in [3.8, 4) is 0 Å². The Labute approximate surface area is 305 Å². The number of unbranched alkanes of at least 4 members (excludes halogenated alkanes) is 15. The molecule has 0 saturated heterocycles. The number of phosphoric ester groups is 1. The quantitative estimate of drug-likeness (QED) is 0.0280. The molecule has 0 aliphatic rings. The highest BCUT2D eigenvalue weighted by Crippen LogP contribution is 2.43. The number of carbonyl (C=O) groups is 2. The molecule has 0 rings (SSSR count). The molecule has 0 bridgehead atoms. The lowest BCUT2D eigenvalue weighted by Crippen LogP contribution is -2.29. The number of hydrogen-bond donors (Lipinski definition) is 2. The van der Waals surface area contributed by atoms with Gasteiger partial charge >= 0.3 is 19.8 Å². The molecule has 0 aliphatic carbocycles. The van der Waals surface area contributed by atoms with E-state index in [1.807, 2.05) is 0 Å². The smallest absolute Gasteiger partial charge is 0.462 e. The first-order valence-corrected chi connectivity index (χ1v) is 21.1. The zero-order valence-corrected chi connectivity index (χ0v) is 32.5. The van der Waals surface area contributed by atoms with E-state index in [1.54, 1.807) is 0 Å². The van der Waals surface area contributed by atoms with Crippen LogP contribution in [0.2, 0.25) is 0 Å². The van der Waals surface area contributed by atoms with Crippen LogP contribution in [-0.2, 0) is 32.7 Å². The molecule has 0 fully saturated rings. The molecule has 9 nitrogen and oxygen atoms in total. The van der Waals surface area contributed by atoms with E-state index in [0.717, 1.165) is 77.0 Å². The van der Waals surface area contributed by atoms with Crippen molar-refractivity contribution in [3.63, 3.8) is 0 Å². The minimum absolute atomic E-state index is 0.0458. The van der Waals surface area contributed by atoms with E-state index in [4.69, 9.17) is 24.3 Å². The monoisotopic (exact) mass is 725 g/mol. The second-order valence-corrected chi connectivity index (χ2v) is 14.2. The summed E-state index contributed by atoms with van der Waals surface area (Å²) in [5, 5.41) is 0. The Morgan fingerprint density at radius 1 is 0.620 bits per heavy atom. The molecule has 0 aromatic rings. The van der Waals surface area contributed by atoms with Gasteiger partial charge in [-0.3, -0.25) is 18.6 Å². The average Bonchev–Trinajstić information content (AvgIpc) is 3.10. The molecule has 0 radical (unpaired) electrons. The first kappa shape index (κ1) is 48.0. The third-order valence-corrected chi connectivity index (χ3v) is 8.93. The molecule has 0 aromatic heterocycles. The summed E-state index contributed by atoms with van der Waals surface area (Å²) in [4.78, 5) is 34.7. The van der Waals surface area contributed by atoms with Gasteiger partial charge in [-0.15, -0.1) is 0 Å². The Morgan fingerprint density at radius 3 is 1.68 bits per heavy atom. The zero-order chi connectivity index (χ0) is 36.8. The highest BCUT2D eigenvalue weighted by molar-refractivity contribution is 7.47. The number of phosphoric acid groups is 1. The summed E-state index contributed by atoms with van der Waals surface area (Å²) < 4.78 is 32.6. The highest BCUT2D eigenvalue weighted by atomic mass is 31.2. The molecule has 0 aliphatic heterocycles. The Balaban J connectivity index is 4.26. The fourth-order valence-electron chi connectivity index (χ4n) is 5.05. The number of rotatable bonds is 36. The van der Waals surface area contributed by atoms with Gasteiger partial charge in [-0.2, -0.15) is 0 Å². The lowest BCUT2D eigenvalue weighted by molar-refractivity contribution is -0.161. The molecule has 0 spiro atoms. The van der Waals surface area contributed by atoms with Crippen LogP contribution in [0, 0.1) is 0 Å². The van der Waals surface area contributed by atoms with Crippen LogP contribution in [0.25, 0.3) is 0 Å². The molecule has 0 amide bonds. The fourth-order valence-corrected chi connectivity index (χ4v) is 5.82. The molecule has 50 heavy (non-hydrogen) atoms. The van der Waals surface area contributed by atoms with Crippen molar-refractivity contribution in [1.29, 1.82) is 0 Å². The van der Waals surface area contributed by atoms with Crippen LogP contribution >= 0.6 is 7.82 Å². The highest BCUT2D eigenvalue weighted by Gasteiger charge is 2.25. The molecule has 0 saturated carbocycles. The summed E-state index contributed by atoms with van der Waals surface area (Å²) in [5.74, 6) is -0.876. The summed E-state index contributed by atoms with van der Waals surface area (Å²) in [7, 11) is -4.38. The van der Waals surface area contributed by atoms with Crippen LogP contribution in [0.5, 0.6) is 0 Å². The van der Waals surface area contributed by atoms with Crippen molar-refractivity contribution in [1.82, 2.24) is 0 Å². The summed E-state index contributed by atoms with van der Waals surface area (Å²) in [5.41, 5.74) is 5.33. The second-order valence-electron chi connectivity index (χ2n) is 12.8. The van der Waals surface area contributed by atoms with Crippen LogP contribution in [0.3, 0.4) is 0 Å². The van der Waals surface area contributed by atoms with Crippen molar-refractivity contribution in [2.45, 2.75) is 168 Å². The van der Waals surface area contributed by atoms with Crippen molar-refractivity contribution in [2.75, 3.05) is 26.4 Å². The van der Waals surface area contributed by atoms with Gasteiger partial charge in [-0.25, -0.2) is 4.57 Å². The Hall–Kier alpha value is -2.03. The van der Waals surface area contributed by atoms with Gasteiger partial charge in [0.1, 0.15) is 6.61 Å². The van der Waals surface area contributed by atoms with Gasteiger partial charge in [0.25, 0.3) is 0 Å². The zero-order valence-electron chi connectivity index (χ0n) is 31.6. The molecule has 10 heteroatoms. The van der Waals surface area contributed by atoms with Crippen molar-refractivity contribution in [2.24, 2.45) is 5.73 Å². The SMILES string of the molecule is CC/C=C\C/C=C\C/C=C\CCCCCC(=O)OC(COC(=O)CCCCCCC/C=C\CCCCCCCCC)COP(=O)(O)OCCN. The number of esters is 2. The van der Waals surface area contributed by atoms with Gasteiger partial charge in [0.15, 0.2) is 6.10 Å².